The Morgan fingerprint density at radius 2 is 1.63 bits per heavy atom. The zero-order chi connectivity index (χ0) is 21.3. The molecule has 0 aliphatic carbocycles. The molecule has 0 saturated heterocycles. The van der Waals surface area contributed by atoms with E-state index in [1.165, 1.54) is 12.3 Å². The van der Waals surface area contributed by atoms with E-state index < -0.39 is 5.97 Å². The summed E-state index contributed by atoms with van der Waals surface area (Å²) in [6.45, 7) is 3.73. The maximum atomic E-state index is 12.8. The highest BCUT2D eigenvalue weighted by atomic mass is 35.5. The predicted molar refractivity (Wildman–Crippen MR) is 115 cm³/mol. The molecule has 0 unspecified atom stereocenters. The van der Waals surface area contributed by atoms with Gasteiger partial charge in [0.25, 0.3) is 0 Å². The van der Waals surface area contributed by atoms with Crippen molar-refractivity contribution in [2.24, 2.45) is 0 Å². The lowest BCUT2D eigenvalue weighted by molar-refractivity contribution is 0.0735. The Morgan fingerprint density at radius 3 is 2.33 bits per heavy atom. The molecular formula is C24H17ClO5. The third-order valence-electron chi connectivity index (χ3n) is 4.57. The monoisotopic (exact) mass is 420 g/mol. The van der Waals surface area contributed by atoms with Crippen LogP contribution in [-0.2, 0) is 0 Å². The number of benzene rings is 3. The molecular weight excluding hydrogens is 404 g/mol. The molecule has 0 fully saturated rings. The Balaban J connectivity index is 1.61. The number of esters is 1. The largest absolute Gasteiger partial charge is 0.460 e. The van der Waals surface area contributed by atoms with Gasteiger partial charge < -0.3 is 13.9 Å². The highest BCUT2D eigenvalue weighted by Crippen LogP contribution is 2.29. The van der Waals surface area contributed by atoms with Gasteiger partial charge in [-0.25, -0.2) is 4.79 Å². The van der Waals surface area contributed by atoms with Crippen molar-refractivity contribution >= 4 is 28.5 Å². The number of aryl methyl sites for hydroxylation is 2. The van der Waals surface area contributed by atoms with E-state index >= 15 is 0 Å². The highest BCUT2D eigenvalue weighted by Gasteiger charge is 2.13. The molecule has 4 aromatic rings. The number of ether oxygens (including phenoxy) is 2. The van der Waals surface area contributed by atoms with E-state index in [1.807, 2.05) is 19.9 Å². The first-order chi connectivity index (χ1) is 14.4. The fourth-order valence-corrected chi connectivity index (χ4v) is 3.17. The number of carbonyl (C=O) groups excluding carboxylic acids is 1. The Hall–Kier alpha value is -3.57. The van der Waals surface area contributed by atoms with Gasteiger partial charge in [0.15, 0.2) is 0 Å². The first-order valence-corrected chi connectivity index (χ1v) is 9.57. The maximum Gasteiger partial charge on any atom is 0.343 e. The van der Waals surface area contributed by atoms with Crippen LogP contribution in [0.2, 0.25) is 5.02 Å². The van der Waals surface area contributed by atoms with Crippen LogP contribution in [0, 0.1) is 13.8 Å². The number of rotatable bonds is 4. The lowest BCUT2D eigenvalue weighted by Gasteiger charge is -2.10. The van der Waals surface area contributed by atoms with E-state index in [0.29, 0.717) is 21.7 Å². The molecule has 1 aromatic heterocycles. The van der Waals surface area contributed by atoms with Crippen molar-refractivity contribution in [2.75, 3.05) is 0 Å². The molecule has 1 heterocycles. The number of halogens is 1. The smallest absolute Gasteiger partial charge is 0.343 e. The van der Waals surface area contributed by atoms with Crippen LogP contribution in [0.3, 0.4) is 0 Å². The summed E-state index contributed by atoms with van der Waals surface area (Å²) in [5, 5.41) is 0.972. The van der Waals surface area contributed by atoms with Gasteiger partial charge in [0.05, 0.1) is 10.9 Å². The number of fused-ring (bicyclic) bond motifs is 1. The van der Waals surface area contributed by atoms with E-state index in [9.17, 15) is 9.59 Å². The van der Waals surface area contributed by atoms with Crippen molar-refractivity contribution in [3.8, 4) is 17.2 Å². The van der Waals surface area contributed by atoms with Crippen LogP contribution < -0.4 is 14.9 Å². The van der Waals surface area contributed by atoms with Gasteiger partial charge in [-0.05, 0) is 61.4 Å². The SMILES string of the molecule is Cc1cc(Oc2coc3cc(OC(=O)c4ccccc4)ccc3c2=O)cc(C)c1Cl. The summed E-state index contributed by atoms with van der Waals surface area (Å²) < 4.78 is 16.7. The van der Waals surface area contributed by atoms with Crippen molar-refractivity contribution in [1.82, 2.24) is 0 Å². The quantitative estimate of drug-likeness (QED) is 0.296. The molecule has 4 rings (SSSR count). The Morgan fingerprint density at radius 1 is 0.933 bits per heavy atom. The minimum Gasteiger partial charge on any atom is -0.460 e. The molecule has 0 saturated carbocycles. The summed E-state index contributed by atoms with van der Waals surface area (Å²) in [5.41, 5.74) is 2.08. The van der Waals surface area contributed by atoms with E-state index in [1.54, 1.807) is 48.5 Å². The first-order valence-electron chi connectivity index (χ1n) is 9.20. The molecule has 0 radical (unpaired) electrons. The lowest BCUT2D eigenvalue weighted by Crippen LogP contribution is -2.09. The maximum absolute atomic E-state index is 12.8. The molecule has 3 aromatic carbocycles. The highest BCUT2D eigenvalue weighted by molar-refractivity contribution is 6.32. The van der Waals surface area contributed by atoms with Crippen LogP contribution in [-0.4, -0.2) is 5.97 Å². The fourth-order valence-electron chi connectivity index (χ4n) is 3.06. The van der Waals surface area contributed by atoms with E-state index in [-0.39, 0.29) is 22.5 Å². The molecule has 5 nitrogen and oxygen atoms in total. The molecule has 0 aliphatic heterocycles. The van der Waals surface area contributed by atoms with E-state index in [0.717, 1.165) is 11.1 Å². The van der Waals surface area contributed by atoms with Gasteiger partial charge >= 0.3 is 5.97 Å². The van der Waals surface area contributed by atoms with Crippen molar-refractivity contribution < 1.29 is 18.7 Å². The van der Waals surface area contributed by atoms with Gasteiger partial charge in [-0.3, -0.25) is 4.79 Å². The van der Waals surface area contributed by atoms with Crippen LogP contribution in [0.15, 0.2) is 76.1 Å². The molecule has 0 aliphatic rings. The minimum absolute atomic E-state index is 0.0534. The molecule has 0 amide bonds. The molecule has 0 N–H and O–H groups in total. The summed E-state index contributed by atoms with van der Waals surface area (Å²) in [7, 11) is 0. The van der Waals surface area contributed by atoms with E-state index in [4.69, 9.17) is 25.5 Å². The van der Waals surface area contributed by atoms with Gasteiger partial charge in [-0.1, -0.05) is 29.8 Å². The van der Waals surface area contributed by atoms with Crippen LogP contribution in [0.25, 0.3) is 11.0 Å². The Labute approximate surface area is 177 Å². The molecule has 0 spiro atoms. The number of hydrogen-bond acceptors (Lipinski definition) is 5. The molecule has 0 bridgehead atoms. The minimum atomic E-state index is -0.495. The van der Waals surface area contributed by atoms with Crippen molar-refractivity contribution in [3.63, 3.8) is 0 Å². The van der Waals surface area contributed by atoms with Crippen LogP contribution in [0.1, 0.15) is 21.5 Å². The summed E-state index contributed by atoms with van der Waals surface area (Å²) >= 11 is 6.18. The second-order valence-electron chi connectivity index (χ2n) is 6.82. The summed E-state index contributed by atoms with van der Waals surface area (Å²) in [5.74, 6) is 0.329. The van der Waals surface area contributed by atoms with Gasteiger partial charge in [0.2, 0.25) is 11.2 Å². The number of carbonyl (C=O) groups is 1. The van der Waals surface area contributed by atoms with Crippen LogP contribution in [0.4, 0.5) is 0 Å². The second-order valence-corrected chi connectivity index (χ2v) is 7.19. The Bertz CT molecular complexity index is 1290. The van der Waals surface area contributed by atoms with Gasteiger partial charge in [0, 0.05) is 11.1 Å². The third-order valence-corrected chi connectivity index (χ3v) is 5.17. The van der Waals surface area contributed by atoms with Gasteiger partial charge in [0.1, 0.15) is 23.3 Å². The normalized spacial score (nSPS) is 10.8. The lowest BCUT2D eigenvalue weighted by atomic mass is 10.1. The second kappa shape index (κ2) is 8.05. The fraction of sp³-hybridized carbons (Fsp3) is 0.0833. The van der Waals surface area contributed by atoms with Crippen molar-refractivity contribution in [1.29, 1.82) is 0 Å². The van der Waals surface area contributed by atoms with Gasteiger partial charge in [-0.15, -0.1) is 0 Å². The molecule has 150 valence electrons. The molecule has 6 heteroatoms. The van der Waals surface area contributed by atoms with Crippen LogP contribution in [0.5, 0.6) is 17.2 Å². The molecule has 30 heavy (non-hydrogen) atoms. The van der Waals surface area contributed by atoms with E-state index in [2.05, 4.69) is 0 Å². The third kappa shape index (κ3) is 3.93. The standard InChI is InChI=1S/C24H17ClO5/c1-14-10-18(11-15(2)22(14)25)29-21-13-28-20-12-17(8-9-19(20)23(21)26)30-24(27)16-6-4-3-5-7-16/h3-13H,1-2H3. The zero-order valence-electron chi connectivity index (χ0n) is 16.3. The van der Waals surface area contributed by atoms with Crippen molar-refractivity contribution in [2.45, 2.75) is 13.8 Å². The van der Waals surface area contributed by atoms with Crippen molar-refractivity contribution in [3.05, 3.63) is 98.9 Å². The summed E-state index contributed by atoms with van der Waals surface area (Å²) in [4.78, 5) is 25.0. The first kappa shape index (κ1) is 19.7. The summed E-state index contributed by atoms with van der Waals surface area (Å²) in [6.07, 6.45) is 1.24. The molecule has 0 atom stereocenters. The average Bonchev–Trinajstić information content (AvgIpc) is 2.74. The number of hydrogen-bond donors (Lipinski definition) is 0. The topological polar surface area (TPSA) is 65.7 Å². The average molecular weight is 421 g/mol. The van der Waals surface area contributed by atoms with Gasteiger partial charge in [-0.2, -0.15) is 0 Å². The summed E-state index contributed by atoms with van der Waals surface area (Å²) in [6, 6.07) is 16.7. The zero-order valence-corrected chi connectivity index (χ0v) is 17.0. The Kier molecular flexibility index (Phi) is 5.29. The van der Waals surface area contributed by atoms with Crippen LogP contribution >= 0.6 is 11.6 Å². The predicted octanol–water partition coefficient (Wildman–Crippen LogP) is 6.07.